The summed E-state index contributed by atoms with van der Waals surface area (Å²) in [6.45, 7) is 1.28. The van der Waals surface area contributed by atoms with Gasteiger partial charge in [0.2, 0.25) is 5.91 Å². The van der Waals surface area contributed by atoms with Crippen molar-refractivity contribution in [3.63, 3.8) is 0 Å². The van der Waals surface area contributed by atoms with Gasteiger partial charge in [-0.3, -0.25) is 4.79 Å². The van der Waals surface area contributed by atoms with Gasteiger partial charge in [0.05, 0.1) is 16.8 Å². The van der Waals surface area contributed by atoms with Crippen LogP contribution in [0.1, 0.15) is 5.82 Å². The number of thioether (sulfide) groups is 1. The van der Waals surface area contributed by atoms with Crippen LogP contribution in [0.15, 0.2) is 42.5 Å². The summed E-state index contributed by atoms with van der Waals surface area (Å²) in [5.74, 6) is 2.91. The average Bonchev–Trinajstić information content (AvgIpc) is 2.99. The summed E-state index contributed by atoms with van der Waals surface area (Å²) < 4.78 is 13.0. The van der Waals surface area contributed by atoms with E-state index in [1.807, 2.05) is 47.2 Å². The van der Waals surface area contributed by atoms with Gasteiger partial charge in [0.1, 0.15) is 25.6 Å². The van der Waals surface area contributed by atoms with E-state index in [0.717, 1.165) is 22.6 Å². The highest BCUT2D eigenvalue weighted by atomic mass is 32.2. The Kier molecular flexibility index (Phi) is 4.71. The Morgan fingerprint density at radius 2 is 2.00 bits per heavy atom. The van der Waals surface area contributed by atoms with Crippen LogP contribution < -0.4 is 14.8 Å². The number of ether oxygens (including phenoxy) is 2. The molecule has 1 N–H and O–H groups in total. The molecule has 0 bridgehead atoms. The molecule has 2 heterocycles. The first-order valence-corrected chi connectivity index (χ1v) is 9.76. The monoisotopic (exact) mass is 369 g/mol. The molecule has 26 heavy (non-hydrogen) atoms. The van der Waals surface area contributed by atoms with E-state index in [1.54, 1.807) is 17.8 Å². The van der Waals surface area contributed by atoms with Gasteiger partial charge >= 0.3 is 0 Å². The fraction of sp³-hybridized carbons (Fsp3) is 0.263. The first-order chi connectivity index (χ1) is 12.7. The summed E-state index contributed by atoms with van der Waals surface area (Å²) in [6, 6.07) is 13.3. The molecule has 6 nitrogen and oxygen atoms in total. The van der Waals surface area contributed by atoms with Gasteiger partial charge in [-0.1, -0.05) is 12.1 Å². The number of imidazole rings is 1. The minimum atomic E-state index is -0.104. The standard InChI is InChI=1S/C19H19N3O3S/c1-26-12-18-21-14-4-2-3-5-15(14)22(18)11-19(23)20-13-6-7-16-17(10-13)25-9-8-24-16/h2-7,10H,8-9,11-12H2,1H3,(H,20,23). The normalized spacial score (nSPS) is 13.0. The van der Waals surface area contributed by atoms with E-state index in [-0.39, 0.29) is 12.5 Å². The van der Waals surface area contributed by atoms with Gasteiger partial charge in [0.25, 0.3) is 0 Å². The molecule has 0 atom stereocenters. The van der Waals surface area contributed by atoms with E-state index >= 15 is 0 Å². The largest absolute Gasteiger partial charge is 0.486 e. The molecule has 2 aromatic carbocycles. The topological polar surface area (TPSA) is 65.4 Å². The number of carbonyl (C=O) groups excluding carboxylic acids is 1. The lowest BCUT2D eigenvalue weighted by atomic mass is 10.2. The highest BCUT2D eigenvalue weighted by molar-refractivity contribution is 7.97. The predicted molar refractivity (Wildman–Crippen MR) is 103 cm³/mol. The second kappa shape index (κ2) is 7.29. The molecule has 3 aromatic rings. The number of hydrogen-bond acceptors (Lipinski definition) is 5. The fourth-order valence-corrected chi connectivity index (χ4v) is 3.48. The van der Waals surface area contributed by atoms with Crippen molar-refractivity contribution in [1.29, 1.82) is 0 Å². The molecule has 0 fully saturated rings. The Morgan fingerprint density at radius 1 is 1.19 bits per heavy atom. The maximum absolute atomic E-state index is 12.6. The number of hydrogen-bond donors (Lipinski definition) is 1. The van der Waals surface area contributed by atoms with Gasteiger partial charge in [-0.15, -0.1) is 0 Å². The van der Waals surface area contributed by atoms with Gasteiger partial charge in [-0.05, 0) is 30.5 Å². The number of anilines is 1. The first kappa shape index (κ1) is 16.8. The number of nitrogens with zero attached hydrogens (tertiary/aromatic N) is 2. The van der Waals surface area contributed by atoms with E-state index < -0.39 is 0 Å². The Balaban J connectivity index is 1.55. The average molecular weight is 369 g/mol. The van der Waals surface area contributed by atoms with E-state index in [0.29, 0.717) is 30.4 Å². The maximum Gasteiger partial charge on any atom is 0.244 e. The summed E-state index contributed by atoms with van der Waals surface area (Å²) in [4.78, 5) is 17.3. The third kappa shape index (κ3) is 3.35. The molecule has 0 saturated carbocycles. The smallest absolute Gasteiger partial charge is 0.244 e. The minimum absolute atomic E-state index is 0.104. The highest BCUT2D eigenvalue weighted by Crippen LogP contribution is 2.32. The van der Waals surface area contributed by atoms with Gasteiger partial charge in [0.15, 0.2) is 11.5 Å². The Labute approximate surface area is 155 Å². The molecule has 134 valence electrons. The molecule has 4 rings (SSSR count). The minimum Gasteiger partial charge on any atom is -0.486 e. The van der Waals surface area contributed by atoms with E-state index in [9.17, 15) is 4.79 Å². The molecule has 0 radical (unpaired) electrons. The second-order valence-electron chi connectivity index (χ2n) is 5.94. The van der Waals surface area contributed by atoms with Crippen LogP contribution in [0.4, 0.5) is 5.69 Å². The number of carbonyl (C=O) groups is 1. The Bertz CT molecular complexity index is 954. The van der Waals surface area contributed by atoms with Crippen molar-refractivity contribution in [3.05, 3.63) is 48.3 Å². The van der Waals surface area contributed by atoms with Gasteiger partial charge in [-0.2, -0.15) is 11.8 Å². The van der Waals surface area contributed by atoms with Crippen LogP contribution in [0.5, 0.6) is 11.5 Å². The molecular weight excluding hydrogens is 350 g/mol. The third-order valence-corrected chi connectivity index (χ3v) is 4.68. The molecule has 1 amide bonds. The molecule has 0 spiro atoms. The lowest BCUT2D eigenvalue weighted by molar-refractivity contribution is -0.116. The number of aromatic nitrogens is 2. The van der Waals surface area contributed by atoms with Crippen LogP contribution in [-0.4, -0.2) is 34.9 Å². The van der Waals surface area contributed by atoms with Crippen molar-refractivity contribution in [2.75, 3.05) is 24.8 Å². The summed E-state index contributed by atoms with van der Waals surface area (Å²) >= 11 is 1.69. The van der Waals surface area contributed by atoms with Crippen molar-refractivity contribution < 1.29 is 14.3 Å². The number of amides is 1. The number of benzene rings is 2. The van der Waals surface area contributed by atoms with Crippen LogP contribution in [0.25, 0.3) is 11.0 Å². The molecule has 1 aliphatic heterocycles. The SMILES string of the molecule is CSCc1nc2ccccc2n1CC(=O)Nc1ccc2c(c1)OCCO2. The second-order valence-corrected chi connectivity index (χ2v) is 6.81. The lowest BCUT2D eigenvalue weighted by Crippen LogP contribution is -2.20. The zero-order chi connectivity index (χ0) is 17.9. The molecule has 1 aliphatic rings. The van der Waals surface area contributed by atoms with Crippen molar-refractivity contribution in [2.45, 2.75) is 12.3 Å². The first-order valence-electron chi connectivity index (χ1n) is 8.37. The zero-order valence-corrected chi connectivity index (χ0v) is 15.2. The van der Waals surface area contributed by atoms with Crippen LogP contribution >= 0.6 is 11.8 Å². The van der Waals surface area contributed by atoms with Crippen LogP contribution in [-0.2, 0) is 17.1 Å². The summed E-state index contributed by atoms with van der Waals surface area (Å²) in [5, 5.41) is 2.93. The summed E-state index contributed by atoms with van der Waals surface area (Å²) in [5.41, 5.74) is 2.56. The van der Waals surface area contributed by atoms with Crippen molar-refractivity contribution in [2.24, 2.45) is 0 Å². The van der Waals surface area contributed by atoms with Crippen molar-refractivity contribution >= 4 is 34.4 Å². The Hall–Kier alpha value is -2.67. The lowest BCUT2D eigenvalue weighted by Gasteiger charge is -2.19. The number of rotatable bonds is 5. The van der Waals surface area contributed by atoms with Crippen LogP contribution in [0.3, 0.4) is 0 Å². The van der Waals surface area contributed by atoms with Crippen molar-refractivity contribution in [1.82, 2.24) is 9.55 Å². The van der Waals surface area contributed by atoms with Crippen LogP contribution in [0, 0.1) is 0 Å². The quantitative estimate of drug-likeness (QED) is 0.747. The molecule has 0 saturated heterocycles. The van der Waals surface area contributed by atoms with E-state index in [2.05, 4.69) is 10.3 Å². The van der Waals surface area contributed by atoms with Gasteiger partial charge in [0, 0.05) is 11.8 Å². The number of para-hydroxylation sites is 2. The molecule has 7 heteroatoms. The molecule has 0 aliphatic carbocycles. The highest BCUT2D eigenvalue weighted by Gasteiger charge is 2.15. The molecular formula is C19H19N3O3S. The van der Waals surface area contributed by atoms with Crippen molar-refractivity contribution in [3.8, 4) is 11.5 Å². The summed E-state index contributed by atoms with van der Waals surface area (Å²) in [7, 11) is 0. The number of nitrogens with one attached hydrogen (secondary N) is 1. The zero-order valence-electron chi connectivity index (χ0n) is 14.4. The maximum atomic E-state index is 12.6. The Morgan fingerprint density at radius 3 is 2.85 bits per heavy atom. The van der Waals surface area contributed by atoms with E-state index in [1.165, 1.54) is 0 Å². The summed E-state index contributed by atoms with van der Waals surface area (Å²) in [6.07, 6.45) is 2.03. The van der Waals surface area contributed by atoms with Gasteiger partial charge < -0.3 is 19.4 Å². The fourth-order valence-electron chi connectivity index (χ4n) is 3.01. The third-order valence-electron chi connectivity index (χ3n) is 4.13. The number of fused-ring (bicyclic) bond motifs is 2. The van der Waals surface area contributed by atoms with Crippen LogP contribution in [0.2, 0.25) is 0 Å². The predicted octanol–water partition coefficient (Wildman–Crippen LogP) is 3.31. The van der Waals surface area contributed by atoms with E-state index in [4.69, 9.17) is 9.47 Å². The molecule has 0 unspecified atom stereocenters. The molecule has 1 aromatic heterocycles. The van der Waals surface area contributed by atoms with Gasteiger partial charge in [-0.25, -0.2) is 4.98 Å².